The number of methoxy groups -OCH3 is 1. The first-order chi connectivity index (χ1) is 10.7. The number of halogens is 3. The van der Waals surface area contributed by atoms with Gasteiger partial charge in [0.1, 0.15) is 12.0 Å². The summed E-state index contributed by atoms with van der Waals surface area (Å²) in [6.07, 6.45) is -5.13. The van der Waals surface area contributed by atoms with Gasteiger partial charge < -0.3 is 18.8 Å². The maximum Gasteiger partial charge on any atom is 0.396 e. The Balaban J connectivity index is 2.22. The molecular formula is C14H19F3N2O4. The molecule has 0 amide bonds. The normalized spacial score (nSPS) is 17.0. The molecule has 0 spiro atoms. The predicted octanol–water partition coefficient (Wildman–Crippen LogP) is 2.57. The van der Waals surface area contributed by atoms with Gasteiger partial charge in [-0.25, -0.2) is 4.79 Å². The van der Waals surface area contributed by atoms with Gasteiger partial charge in [0.05, 0.1) is 19.7 Å². The van der Waals surface area contributed by atoms with Crippen LogP contribution in [0.1, 0.15) is 36.5 Å². The van der Waals surface area contributed by atoms with E-state index in [0.29, 0.717) is 13.1 Å². The van der Waals surface area contributed by atoms with E-state index in [9.17, 15) is 18.0 Å². The lowest BCUT2D eigenvalue weighted by atomic mass is 9.91. The number of carbonyl (C=O) groups is 1. The second kappa shape index (κ2) is 6.38. The Morgan fingerprint density at radius 2 is 2.04 bits per heavy atom. The van der Waals surface area contributed by atoms with Crippen LogP contribution in [-0.4, -0.2) is 49.5 Å². The van der Waals surface area contributed by atoms with Gasteiger partial charge in [0.25, 0.3) is 6.01 Å². The number of aromatic nitrogens is 1. The summed E-state index contributed by atoms with van der Waals surface area (Å²) in [5.74, 6) is -1.45. The topological polar surface area (TPSA) is 64.8 Å². The zero-order chi connectivity index (χ0) is 17.3. The first kappa shape index (κ1) is 17.6. The molecule has 0 aliphatic carbocycles. The maximum absolute atomic E-state index is 12.6. The highest BCUT2D eigenvalue weighted by Crippen LogP contribution is 2.34. The van der Waals surface area contributed by atoms with Crippen molar-refractivity contribution in [2.45, 2.75) is 38.5 Å². The highest BCUT2D eigenvalue weighted by molar-refractivity contribution is 5.88. The molecule has 0 saturated carbocycles. The SMILES string of the molecule is CCOC(=O)c1nc(N2CC(CC)(OC)C2)oc1CC(F)(F)F. The van der Waals surface area contributed by atoms with Crippen LogP contribution in [0.2, 0.25) is 0 Å². The predicted molar refractivity (Wildman–Crippen MR) is 74.5 cm³/mol. The van der Waals surface area contributed by atoms with Gasteiger partial charge >= 0.3 is 12.1 Å². The number of carbonyl (C=O) groups excluding carboxylic acids is 1. The summed E-state index contributed by atoms with van der Waals surface area (Å²) >= 11 is 0. The number of hydrogen-bond donors (Lipinski definition) is 0. The quantitative estimate of drug-likeness (QED) is 0.744. The molecule has 1 aromatic rings. The minimum atomic E-state index is -4.51. The van der Waals surface area contributed by atoms with Crippen molar-refractivity contribution >= 4 is 12.0 Å². The smallest absolute Gasteiger partial charge is 0.396 e. The van der Waals surface area contributed by atoms with E-state index in [1.807, 2.05) is 6.92 Å². The first-order valence-electron chi connectivity index (χ1n) is 7.27. The Hall–Kier alpha value is -1.77. The fourth-order valence-corrected chi connectivity index (χ4v) is 2.42. The highest BCUT2D eigenvalue weighted by atomic mass is 19.4. The summed E-state index contributed by atoms with van der Waals surface area (Å²) in [7, 11) is 1.58. The molecule has 0 N–H and O–H groups in total. The minimum Gasteiger partial charge on any atom is -0.461 e. The van der Waals surface area contributed by atoms with E-state index in [-0.39, 0.29) is 18.2 Å². The van der Waals surface area contributed by atoms with Crippen LogP contribution in [-0.2, 0) is 15.9 Å². The van der Waals surface area contributed by atoms with Gasteiger partial charge in [0.2, 0.25) is 0 Å². The van der Waals surface area contributed by atoms with Crippen molar-refractivity contribution in [1.82, 2.24) is 4.98 Å². The largest absolute Gasteiger partial charge is 0.461 e. The summed E-state index contributed by atoms with van der Waals surface area (Å²) in [6.45, 7) is 4.43. The van der Waals surface area contributed by atoms with Crippen LogP contribution in [0.3, 0.4) is 0 Å². The number of esters is 1. The van der Waals surface area contributed by atoms with E-state index >= 15 is 0 Å². The average Bonchev–Trinajstić information content (AvgIpc) is 2.80. The van der Waals surface area contributed by atoms with Crippen LogP contribution in [0.25, 0.3) is 0 Å². The van der Waals surface area contributed by atoms with E-state index in [4.69, 9.17) is 13.9 Å². The van der Waals surface area contributed by atoms with E-state index < -0.39 is 30.0 Å². The number of ether oxygens (including phenoxy) is 2. The molecule has 2 heterocycles. The summed E-state index contributed by atoms with van der Waals surface area (Å²) in [4.78, 5) is 17.3. The summed E-state index contributed by atoms with van der Waals surface area (Å²) in [5.41, 5.74) is -0.784. The molecule has 0 radical (unpaired) electrons. The third kappa shape index (κ3) is 3.77. The number of oxazole rings is 1. The third-order valence-electron chi connectivity index (χ3n) is 3.82. The Kier molecular flexibility index (Phi) is 4.88. The van der Waals surface area contributed by atoms with Gasteiger partial charge in [-0.15, -0.1) is 0 Å². The second-order valence-corrected chi connectivity index (χ2v) is 5.38. The van der Waals surface area contributed by atoms with Crippen molar-refractivity contribution in [3.05, 3.63) is 11.5 Å². The number of hydrogen-bond acceptors (Lipinski definition) is 6. The molecule has 6 nitrogen and oxygen atoms in total. The molecule has 0 bridgehead atoms. The van der Waals surface area contributed by atoms with Gasteiger partial charge in [-0.05, 0) is 13.3 Å². The van der Waals surface area contributed by atoms with Crippen LogP contribution in [0, 0.1) is 0 Å². The van der Waals surface area contributed by atoms with Crippen molar-refractivity contribution < 1.29 is 31.9 Å². The van der Waals surface area contributed by atoms with Crippen molar-refractivity contribution in [3.63, 3.8) is 0 Å². The van der Waals surface area contributed by atoms with Crippen molar-refractivity contribution in [2.24, 2.45) is 0 Å². The molecule has 1 aliphatic heterocycles. The van der Waals surface area contributed by atoms with Crippen LogP contribution in [0.4, 0.5) is 19.2 Å². The van der Waals surface area contributed by atoms with Crippen LogP contribution < -0.4 is 4.90 Å². The van der Waals surface area contributed by atoms with E-state index in [0.717, 1.165) is 6.42 Å². The zero-order valence-electron chi connectivity index (χ0n) is 13.2. The number of anilines is 1. The number of nitrogens with zero attached hydrogens (tertiary/aromatic N) is 2. The monoisotopic (exact) mass is 336 g/mol. The molecule has 1 fully saturated rings. The lowest BCUT2D eigenvalue weighted by Crippen LogP contribution is -2.62. The van der Waals surface area contributed by atoms with Crippen molar-refractivity contribution in [3.8, 4) is 0 Å². The summed E-state index contributed by atoms with van der Waals surface area (Å²) in [6, 6.07) is -0.0200. The maximum atomic E-state index is 12.6. The molecule has 0 aromatic carbocycles. The van der Waals surface area contributed by atoms with Crippen LogP contribution in [0.15, 0.2) is 4.42 Å². The molecule has 0 atom stereocenters. The first-order valence-corrected chi connectivity index (χ1v) is 7.27. The van der Waals surface area contributed by atoms with Gasteiger partial charge in [-0.1, -0.05) is 6.92 Å². The molecule has 1 aromatic heterocycles. The minimum absolute atomic E-state index is 0.0200. The number of rotatable bonds is 6. The van der Waals surface area contributed by atoms with Crippen molar-refractivity contribution in [2.75, 3.05) is 31.7 Å². The number of alkyl halides is 3. The fourth-order valence-electron chi connectivity index (χ4n) is 2.42. The second-order valence-electron chi connectivity index (χ2n) is 5.38. The lowest BCUT2D eigenvalue weighted by molar-refractivity contribution is -0.130. The molecule has 1 aliphatic rings. The van der Waals surface area contributed by atoms with E-state index in [2.05, 4.69) is 4.98 Å². The van der Waals surface area contributed by atoms with Crippen LogP contribution in [0.5, 0.6) is 0 Å². The zero-order valence-corrected chi connectivity index (χ0v) is 13.2. The molecule has 130 valence electrons. The molecular weight excluding hydrogens is 317 g/mol. The van der Waals surface area contributed by atoms with E-state index in [1.54, 1.807) is 18.9 Å². The molecule has 1 saturated heterocycles. The molecule has 23 heavy (non-hydrogen) atoms. The van der Waals surface area contributed by atoms with Crippen LogP contribution >= 0.6 is 0 Å². The summed E-state index contributed by atoms with van der Waals surface area (Å²) < 4.78 is 53.2. The Morgan fingerprint density at radius 3 is 2.52 bits per heavy atom. The van der Waals surface area contributed by atoms with Gasteiger partial charge in [0, 0.05) is 7.11 Å². The van der Waals surface area contributed by atoms with Crippen molar-refractivity contribution in [1.29, 1.82) is 0 Å². The Morgan fingerprint density at radius 1 is 1.39 bits per heavy atom. The molecule has 0 unspecified atom stereocenters. The fraction of sp³-hybridized carbons (Fsp3) is 0.714. The summed E-state index contributed by atoms with van der Waals surface area (Å²) in [5, 5.41) is 0. The Labute approximate surface area is 131 Å². The molecule has 2 rings (SSSR count). The highest BCUT2D eigenvalue weighted by Gasteiger charge is 2.45. The third-order valence-corrected chi connectivity index (χ3v) is 3.82. The average molecular weight is 336 g/mol. The Bertz CT molecular complexity index is 559. The van der Waals surface area contributed by atoms with Gasteiger partial charge in [-0.3, -0.25) is 0 Å². The lowest BCUT2D eigenvalue weighted by Gasteiger charge is -2.47. The van der Waals surface area contributed by atoms with Gasteiger partial charge in [0.15, 0.2) is 11.5 Å². The standard InChI is InChI=1S/C14H19F3N2O4/c1-4-13(21-3)7-19(8-13)12-18-10(11(20)22-5-2)9(23-12)6-14(15,16)17/h4-8H2,1-3H3. The van der Waals surface area contributed by atoms with E-state index in [1.165, 1.54) is 0 Å². The molecule has 9 heteroatoms. The van der Waals surface area contributed by atoms with Gasteiger partial charge in [-0.2, -0.15) is 18.2 Å².